The van der Waals surface area contributed by atoms with Crippen molar-refractivity contribution >= 4 is 5.97 Å². The molecule has 0 unspecified atom stereocenters. The smallest absolute Gasteiger partial charge is 0.323 e. The van der Waals surface area contributed by atoms with Gasteiger partial charge in [0.1, 0.15) is 17.4 Å². The molecule has 2 heterocycles. The minimum absolute atomic E-state index is 0.134. The topological polar surface area (TPSA) is 55.6 Å². The monoisotopic (exact) mass is 266 g/mol. The third kappa shape index (κ3) is 3.80. The molecule has 0 aliphatic carbocycles. The van der Waals surface area contributed by atoms with Crippen LogP contribution in [0.5, 0.6) is 0 Å². The van der Waals surface area contributed by atoms with E-state index in [9.17, 15) is 4.79 Å². The van der Waals surface area contributed by atoms with Crippen molar-refractivity contribution in [2.24, 2.45) is 0 Å². The average Bonchev–Trinajstić information content (AvgIpc) is 2.86. The number of esters is 1. The Morgan fingerprint density at radius 2 is 2.32 bits per heavy atom. The summed E-state index contributed by atoms with van der Waals surface area (Å²) in [6.07, 6.45) is 1.87. The number of hydrogen-bond donors (Lipinski definition) is 0. The van der Waals surface area contributed by atoms with Gasteiger partial charge in [0.2, 0.25) is 0 Å². The van der Waals surface area contributed by atoms with Crippen molar-refractivity contribution < 1.29 is 14.1 Å². The fraction of sp³-hybridized carbons (Fsp3) is 0.714. The highest BCUT2D eigenvalue weighted by Crippen LogP contribution is 2.23. The van der Waals surface area contributed by atoms with Crippen LogP contribution in [0.15, 0.2) is 10.6 Å². The van der Waals surface area contributed by atoms with Gasteiger partial charge in [-0.15, -0.1) is 0 Å². The summed E-state index contributed by atoms with van der Waals surface area (Å²) in [7, 11) is 0. The molecule has 1 atom stereocenters. The lowest BCUT2D eigenvalue weighted by molar-refractivity contribution is -0.160. The van der Waals surface area contributed by atoms with Crippen molar-refractivity contribution in [3.63, 3.8) is 0 Å². The van der Waals surface area contributed by atoms with E-state index in [0.29, 0.717) is 6.54 Å². The van der Waals surface area contributed by atoms with Crippen LogP contribution in [0.3, 0.4) is 0 Å². The summed E-state index contributed by atoms with van der Waals surface area (Å²) < 4.78 is 10.5. The third-order valence-electron chi connectivity index (χ3n) is 3.08. The van der Waals surface area contributed by atoms with Crippen LogP contribution in [0, 0.1) is 6.92 Å². The maximum absolute atomic E-state index is 12.2. The van der Waals surface area contributed by atoms with Gasteiger partial charge < -0.3 is 9.26 Å². The number of ether oxygens (including phenoxy) is 1. The second kappa shape index (κ2) is 5.33. The first-order valence-electron chi connectivity index (χ1n) is 6.74. The lowest BCUT2D eigenvalue weighted by Crippen LogP contribution is -2.40. The zero-order valence-corrected chi connectivity index (χ0v) is 12.1. The Morgan fingerprint density at radius 3 is 2.89 bits per heavy atom. The summed E-state index contributed by atoms with van der Waals surface area (Å²) in [5.74, 6) is 0.660. The molecule has 2 rings (SSSR count). The molecule has 5 nitrogen and oxygen atoms in total. The van der Waals surface area contributed by atoms with Crippen LogP contribution in [0.25, 0.3) is 0 Å². The van der Waals surface area contributed by atoms with Gasteiger partial charge in [-0.25, -0.2) is 0 Å². The SMILES string of the molecule is Cc1cc(CN2CCC[C@@H]2C(=O)OC(C)(C)C)no1. The van der Waals surface area contributed by atoms with Crippen molar-refractivity contribution in [2.75, 3.05) is 6.54 Å². The number of carbonyl (C=O) groups excluding carboxylic acids is 1. The standard InChI is InChI=1S/C14H22N2O3/c1-10-8-11(15-19-10)9-16-7-5-6-12(16)13(17)18-14(2,3)4/h8,12H,5-7,9H2,1-4H3/t12-/m1/s1. The Hall–Kier alpha value is -1.36. The molecule has 0 bridgehead atoms. The van der Waals surface area contributed by atoms with Crippen LogP contribution in [-0.4, -0.2) is 34.2 Å². The number of likely N-dealkylation sites (tertiary alicyclic amines) is 1. The molecule has 1 fully saturated rings. The van der Waals surface area contributed by atoms with E-state index in [1.54, 1.807) is 0 Å². The molecule has 0 radical (unpaired) electrons. The quantitative estimate of drug-likeness (QED) is 0.786. The summed E-state index contributed by atoms with van der Waals surface area (Å²) in [5, 5.41) is 3.98. The summed E-state index contributed by atoms with van der Waals surface area (Å²) >= 11 is 0. The maximum atomic E-state index is 12.2. The molecule has 5 heteroatoms. The van der Waals surface area contributed by atoms with E-state index in [1.165, 1.54) is 0 Å². The minimum Gasteiger partial charge on any atom is -0.459 e. The predicted molar refractivity (Wildman–Crippen MR) is 70.5 cm³/mol. The first-order valence-corrected chi connectivity index (χ1v) is 6.74. The van der Waals surface area contributed by atoms with E-state index in [0.717, 1.165) is 30.8 Å². The van der Waals surface area contributed by atoms with Crippen molar-refractivity contribution in [2.45, 2.75) is 58.7 Å². The Bertz CT molecular complexity index is 448. The number of aromatic nitrogens is 1. The Balaban J connectivity index is 1.98. The predicted octanol–water partition coefficient (Wildman–Crippen LogP) is 2.29. The number of aryl methyl sites for hydroxylation is 1. The molecule has 19 heavy (non-hydrogen) atoms. The van der Waals surface area contributed by atoms with Gasteiger partial charge in [0.15, 0.2) is 0 Å². The molecule has 1 aliphatic rings. The minimum atomic E-state index is -0.435. The molecule has 0 saturated carbocycles. The Morgan fingerprint density at radius 1 is 1.58 bits per heavy atom. The van der Waals surface area contributed by atoms with E-state index in [4.69, 9.17) is 9.26 Å². The molecular formula is C14H22N2O3. The summed E-state index contributed by atoms with van der Waals surface area (Å²) in [6.45, 7) is 9.09. The van der Waals surface area contributed by atoms with Crippen LogP contribution in [0.2, 0.25) is 0 Å². The Labute approximate surface area is 113 Å². The second-order valence-corrected chi connectivity index (χ2v) is 6.09. The first-order chi connectivity index (χ1) is 8.85. The largest absolute Gasteiger partial charge is 0.459 e. The van der Waals surface area contributed by atoms with Crippen LogP contribution in [-0.2, 0) is 16.1 Å². The Kier molecular flexibility index (Phi) is 3.94. The highest BCUT2D eigenvalue weighted by atomic mass is 16.6. The molecular weight excluding hydrogens is 244 g/mol. The zero-order chi connectivity index (χ0) is 14.0. The zero-order valence-electron chi connectivity index (χ0n) is 12.1. The normalized spacial score (nSPS) is 20.7. The molecule has 1 saturated heterocycles. The van der Waals surface area contributed by atoms with Crippen molar-refractivity contribution in [1.82, 2.24) is 10.1 Å². The van der Waals surface area contributed by atoms with E-state index in [2.05, 4.69) is 10.1 Å². The summed E-state index contributed by atoms with van der Waals surface area (Å²) in [6, 6.07) is 1.75. The van der Waals surface area contributed by atoms with E-state index < -0.39 is 5.60 Å². The second-order valence-electron chi connectivity index (χ2n) is 6.09. The first kappa shape index (κ1) is 14.1. The molecule has 106 valence electrons. The van der Waals surface area contributed by atoms with E-state index in [1.807, 2.05) is 33.8 Å². The third-order valence-corrected chi connectivity index (χ3v) is 3.08. The molecule has 0 N–H and O–H groups in total. The van der Waals surface area contributed by atoms with Crippen LogP contribution in [0.4, 0.5) is 0 Å². The van der Waals surface area contributed by atoms with Crippen molar-refractivity contribution in [3.8, 4) is 0 Å². The molecule has 0 spiro atoms. The van der Waals surface area contributed by atoms with Gasteiger partial charge in [-0.05, 0) is 47.1 Å². The van der Waals surface area contributed by atoms with Gasteiger partial charge in [-0.2, -0.15) is 0 Å². The van der Waals surface area contributed by atoms with E-state index in [-0.39, 0.29) is 12.0 Å². The van der Waals surface area contributed by atoms with Crippen molar-refractivity contribution in [1.29, 1.82) is 0 Å². The van der Waals surface area contributed by atoms with Crippen LogP contribution < -0.4 is 0 Å². The average molecular weight is 266 g/mol. The lowest BCUT2D eigenvalue weighted by atomic mass is 10.1. The highest BCUT2D eigenvalue weighted by molar-refractivity contribution is 5.76. The number of carbonyl (C=O) groups is 1. The van der Waals surface area contributed by atoms with Gasteiger partial charge in [0.25, 0.3) is 0 Å². The lowest BCUT2D eigenvalue weighted by Gasteiger charge is -2.26. The fourth-order valence-electron chi connectivity index (χ4n) is 2.35. The molecule has 0 amide bonds. The number of hydrogen-bond acceptors (Lipinski definition) is 5. The van der Waals surface area contributed by atoms with Gasteiger partial charge in [-0.1, -0.05) is 5.16 Å². The van der Waals surface area contributed by atoms with Crippen molar-refractivity contribution in [3.05, 3.63) is 17.5 Å². The van der Waals surface area contributed by atoms with Gasteiger partial charge >= 0.3 is 5.97 Å². The van der Waals surface area contributed by atoms with Crippen LogP contribution in [0.1, 0.15) is 45.1 Å². The highest BCUT2D eigenvalue weighted by Gasteiger charge is 2.34. The molecule has 1 aliphatic heterocycles. The molecule has 1 aromatic heterocycles. The molecule has 1 aromatic rings. The van der Waals surface area contributed by atoms with Gasteiger partial charge in [0, 0.05) is 12.6 Å². The maximum Gasteiger partial charge on any atom is 0.323 e. The number of nitrogens with zero attached hydrogens (tertiary/aromatic N) is 2. The van der Waals surface area contributed by atoms with Gasteiger partial charge in [-0.3, -0.25) is 9.69 Å². The summed E-state index contributed by atoms with van der Waals surface area (Å²) in [5.41, 5.74) is 0.434. The fourth-order valence-corrected chi connectivity index (χ4v) is 2.35. The van der Waals surface area contributed by atoms with Crippen LogP contribution >= 0.6 is 0 Å². The number of rotatable bonds is 3. The van der Waals surface area contributed by atoms with Gasteiger partial charge in [0.05, 0.1) is 5.69 Å². The van der Waals surface area contributed by atoms with E-state index >= 15 is 0 Å². The molecule has 0 aromatic carbocycles. The summed E-state index contributed by atoms with van der Waals surface area (Å²) in [4.78, 5) is 14.3.